The topological polar surface area (TPSA) is 66.6 Å². The molecule has 1 saturated carbocycles. The van der Waals surface area contributed by atoms with Gasteiger partial charge in [0.05, 0.1) is 5.56 Å². The molecule has 0 bridgehead atoms. The lowest BCUT2D eigenvalue weighted by Gasteiger charge is -2.33. The van der Waals surface area contributed by atoms with Crippen LogP contribution in [-0.2, 0) is 0 Å². The lowest BCUT2D eigenvalue weighted by atomic mass is 9.75. The Labute approximate surface area is 153 Å². The molecular weight excluding hydrogens is 333 g/mol. The first-order chi connectivity index (χ1) is 12.5. The molecule has 2 aromatic rings. The van der Waals surface area contributed by atoms with Gasteiger partial charge in [0.1, 0.15) is 0 Å². The fraction of sp³-hybridized carbons (Fsp3) is 0.600. The van der Waals surface area contributed by atoms with Gasteiger partial charge in [0.2, 0.25) is 5.95 Å². The number of rotatable bonds is 6. The van der Waals surface area contributed by atoms with Gasteiger partial charge in [-0.25, -0.2) is 4.98 Å². The van der Waals surface area contributed by atoms with E-state index >= 15 is 0 Å². The number of aliphatic hydroxyl groups excluding tert-OH is 1. The van der Waals surface area contributed by atoms with Crippen molar-refractivity contribution >= 4 is 11.6 Å². The van der Waals surface area contributed by atoms with Gasteiger partial charge in [-0.1, -0.05) is 19.8 Å². The number of carbonyl (C=O) groups excluding carboxylic acids is 1. The van der Waals surface area contributed by atoms with E-state index in [0.29, 0.717) is 41.2 Å². The van der Waals surface area contributed by atoms with Crippen LogP contribution in [0.1, 0.15) is 55.1 Å². The van der Waals surface area contributed by atoms with E-state index in [2.05, 4.69) is 17.2 Å². The predicted molar refractivity (Wildman–Crippen MR) is 98.5 cm³/mol. The first-order valence-corrected chi connectivity index (χ1v) is 9.53. The zero-order valence-corrected chi connectivity index (χ0v) is 15.5. The molecule has 0 aliphatic heterocycles. The molecule has 2 N–H and O–H groups in total. The molecule has 0 radical (unpaired) electrons. The van der Waals surface area contributed by atoms with E-state index in [1.54, 1.807) is 23.6 Å². The normalized spacial score (nSPS) is 21.7. The minimum atomic E-state index is -0.573. The Hall–Kier alpha value is -1.95. The number of fused-ring (bicyclic) bond motifs is 1. The van der Waals surface area contributed by atoms with Crippen LogP contribution >= 0.6 is 0 Å². The van der Waals surface area contributed by atoms with E-state index in [1.165, 1.54) is 18.9 Å². The summed E-state index contributed by atoms with van der Waals surface area (Å²) >= 11 is 0. The number of hydrogen-bond acceptors (Lipinski definition) is 3. The fourth-order valence-electron chi connectivity index (χ4n) is 4.18. The zero-order valence-electron chi connectivity index (χ0n) is 15.5. The number of nitrogens with zero attached hydrogens (tertiary/aromatic N) is 2. The molecule has 3 rings (SSSR count). The highest BCUT2D eigenvalue weighted by Crippen LogP contribution is 2.34. The number of hydrogen-bond donors (Lipinski definition) is 2. The molecule has 0 spiro atoms. The van der Waals surface area contributed by atoms with Crippen LogP contribution < -0.4 is 5.32 Å². The highest BCUT2D eigenvalue weighted by Gasteiger charge is 2.26. The summed E-state index contributed by atoms with van der Waals surface area (Å²) in [6.45, 7) is 4.86. The monoisotopic (exact) mass is 361 g/mol. The van der Waals surface area contributed by atoms with E-state index in [-0.39, 0.29) is 12.5 Å². The number of halogens is 1. The average Bonchev–Trinajstić information content (AvgIpc) is 3.04. The maximum Gasteiger partial charge on any atom is 0.255 e. The fourth-order valence-corrected chi connectivity index (χ4v) is 4.18. The maximum atomic E-state index is 13.6. The van der Waals surface area contributed by atoms with Gasteiger partial charge in [0, 0.05) is 31.1 Å². The Morgan fingerprint density at radius 2 is 2.31 bits per heavy atom. The van der Waals surface area contributed by atoms with Gasteiger partial charge in [0.15, 0.2) is 5.65 Å². The van der Waals surface area contributed by atoms with Crippen molar-refractivity contribution in [2.45, 2.75) is 46.0 Å². The third-order valence-electron chi connectivity index (χ3n) is 5.79. The smallest absolute Gasteiger partial charge is 0.255 e. The number of aryl methyl sites for hydroxylation is 1. The maximum absolute atomic E-state index is 13.6. The Morgan fingerprint density at radius 1 is 1.50 bits per heavy atom. The summed E-state index contributed by atoms with van der Waals surface area (Å²) in [5.74, 6) is 0.820. The molecule has 6 heteroatoms. The lowest BCUT2D eigenvalue weighted by Crippen LogP contribution is -2.33. The summed E-state index contributed by atoms with van der Waals surface area (Å²) in [6, 6.07) is 3.04. The van der Waals surface area contributed by atoms with Crippen LogP contribution in [0.15, 0.2) is 18.3 Å². The van der Waals surface area contributed by atoms with Crippen molar-refractivity contribution in [3.8, 4) is 0 Å². The Bertz CT molecular complexity index is 774. The van der Waals surface area contributed by atoms with Crippen LogP contribution in [0.25, 0.3) is 5.65 Å². The summed E-state index contributed by atoms with van der Waals surface area (Å²) < 4.78 is 15.3. The summed E-state index contributed by atoms with van der Waals surface area (Å²) in [5, 5.41) is 12.2. The minimum absolute atomic E-state index is 0.199. The molecule has 26 heavy (non-hydrogen) atoms. The predicted octanol–water partition coefficient (Wildman–Crippen LogP) is 3.34. The van der Waals surface area contributed by atoms with Gasteiger partial charge in [0.25, 0.3) is 5.91 Å². The number of amides is 1. The quantitative estimate of drug-likeness (QED) is 0.776. The van der Waals surface area contributed by atoms with Gasteiger partial charge in [-0.15, -0.1) is 0 Å². The number of carbonyl (C=O) groups is 1. The lowest BCUT2D eigenvalue weighted by molar-refractivity contribution is 0.0936. The second-order valence-electron chi connectivity index (χ2n) is 7.64. The highest BCUT2D eigenvalue weighted by molar-refractivity contribution is 6.00. The van der Waals surface area contributed by atoms with E-state index < -0.39 is 5.95 Å². The molecule has 2 heterocycles. The summed E-state index contributed by atoms with van der Waals surface area (Å²) in [7, 11) is 0. The van der Waals surface area contributed by atoms with Crippen LogP contribution in [0.3, 0.4) is 0 Å². The van der Waals surface area contributed by atoms with Crippen molar-refractivity contribution in [1.29, 1.82) is 0 Å². The van der Waals surface area contributed by atoms with Crippen molar-refractivity contribution in [3.05, 3.63) is 35.5 Å². The van der Waals surface area contributed by atoms with Crippen molar-refractivity contribution < 1.29 is 14.3 Å². The van der Waals surface area contributed by atoms with E-state index in [9.17, 15) is 9.18 Å². The average molecular weight is 361 g/mol. The third-order valence-corrected chi connectivity index (χ3v) is 5.79. The Kier molecular flexibility index (Phi) is 5.91. The standard InChI is InChI=1S/C20H28FN3O2/c1-13(7-9-25)16-5-3-4-15(11-16)12-22-20(26)17-6-8-24-14(2)10-18(21)23-19(17)24/h6,8,10,13,15-16,25H,3-5,7,9,11-12H2,1-2H3,(H,22,26)/t13?,15-,16?/m0/s1. The SMILES string of the molecule is Cc1cc(F)nc2c(C(=O)NC[C@H]3CCCC(C(C)CCO)C3)ccn12. The largest absolute Gasteiger partial charge is 0.396 e. The summed E-state index contributed by atoms with van der Waals surface area (Å²) in [4.78, 5) is 16.5. The van der Waals surface area contributed by atoms with Crippen molar-refractivity contribution in [1.82, 2.24) is 14.7 Å². The van der Waals surface area contributed by atoms with Crippen LogP contribution in [0.5, 0.6) is 0 Å². The Morgan fingerprint density at radius 3 is 3.08 bits per heavy atom. The number of aromatic nitrogens is 2. The van der Waals surface area contributed by atoms with Crippen LogP contribution in [0.2, 0.25) is 0 Å². The van der Waals surface area contributed by atoms with Gasteiger partial charge in [-0.2, -0.15) is 4.39 Å². The van der Waals surface area contributed by atoms with Gasteiger partial charge in [-0.05, 0) is 50.0 Å². The van der Waals surface area contributed by atoms with E-state index in [0.717, 1.165) is 19.3 Å². The van der Waals surface area contributed by atoms with Gasteiger partial charge in [-0.3, -0.25) is 4.79 Å². The molecule has 142 valence electrons. The van der Waals surface area contributed by atoms with Crippen LogP contribution in [0.4, 0.5) is 4.39 Å². The molecule has 0 saturated heterocycles. The highest BCUT2D eigenvalue weighted by atomic mass is 19.1. The molecule has 2 aromatic heterocycles. The first-order valence-electron chi connectivity index (χ1n) is 9.53. The molecule has 0 aromatic carbocycles. The minimum Gasteiger partial charge on any atom is -0.396 e. The zero-order chi connectivity index (χ0) is 18.7. The molecule has 3 atom stereocenters. The summed E-state index contributed by atoms with van der Waals surface area (Å²) in [6.07, 6.45) is 7.17. The molecule has 1 fully saturated rings. The third kappa shape index (κ3) is 4.06. The van der Waals surface area contributed by atoms with Crippen LogP contribution in [-0.4, -0.2) is 33.6 Å². The first kappa shape index (κ1) is 18.8. The van der Waals surface area contributed by atoms with E-state index in [1.807, 2.05) is 0 Å². The summed E-state index contributed by atoms with van der Waals surface area (Å²) in [5.41, 5.74) is 1.48. The number of nitrogens with one attached hydrogen (secondary N) is 1. The van der Waals surface area contributed by atoms with Crippen molar-refractivity contribution in [2.75, 3.05) is 13.2 Å². The van der Waals surface area contributed by atoms with Crippen LogP contribution in [0, 0.1) is 30.6 Å². The molecule has 1 amide bonds. The van der Waals surface area contributed by atoms with Gasteiger partial charge >= 0.3 is 0 Å². The molecular formula is C20H28FN3O2. The number of aliphatic hydroxyl groups is 1. The molecule has 1 aliphatic rings. The van der Waals surface area contributed by atoms with Crippen molar-refractivity contribution in [2.24, 2.45) is 17.8 Å². The molecule has 1 aliphatic carbocycles. The second-order valence-corrected chi connectivity index (χ2v) is 7.64. The van der Waals surface area contributed by atoms with E-state index in [4.69, 9.17) is 5.11 Å². The molecule has 2 unspecified atom stereocenters. The molecule has 5 nitrogen and oxygen atoms in total. The van der Waals surface area contributed by atoms with Gasteiger partial charge < -0.3 is 14.8 Å². The Balaban J connectivity index is 1.62. The second kappa shape index (κ2) is 8.16. The van der Waals surface area contributed by atoms with Crippen molar-refractivity contribution in [3.63, 3.8) is 0 Å².